The lowest BCUT2D eigenvalue weighted by Crippen LogP contribution is -2.23. The van der Waals surface area contributed by atoms with Crippen LogP contribution in [-0.2, 0) is 0 Å². The van der Waals surface area contributed by atoms with Crippen molar-refractivity contribution in [2.75, 3.05) is 6.54 Å². The van der Waals surface area contributed by atoms with E-state index in [4.69, 9.17) is 4.42 Å². The second kappa shape index (κ2) is 6.68. The zero-order valence-electron chi connectivity index (χ0n) is 10.4. The van der Waals surface area contributed by atoms with Crippen LogP contribution in [0.25, 0.3) is 0 Å². The molecule has 19 heavy (non-hydrogen) atoms. The Hall–Kier alpha value is -0.650. The van der Waals surface area contributed by atoms with Gasteiger partial charge >= 0.3 is 0 Å². The van der Waals surface area contributed by atoms with E-state index in [1.165, 1.54) is 0 Å². The van der Waals surface area contributed by atoms with Gasteiger partial charge in [0.25, 0.3) is 0 Å². The second-order valence-electron chi connectivity index (χ2n) is 4.17. The van der Waals surface area contributed by atoms with Crippen LogP contribution in [0.2, 0.25) is 0 Å². The van der Waals surface area contributed by atoms with Crippen LogP contribution in [0.1, 0.15) is 30.7 Å². The monoisotopic (exact) mass is 389 g/mol. The van der Waals surface area contributed by atoms with E-state index in [0.29, 0.717) is 20.5 Å². The van der Waals surface area contributed by atoms with Crippen molar-refractivity contribution in [3.05, 3.63) is 56.6 Å². The summed E-state index contributed by atoms with van der Waals surface area (Å²) >= 11 is 6.49. The summed E-state index contributed by atoms with van der Waals surface area (Å²) in [5.74, 6) is 0.431. The summed E-state index contributed by atoms with van der Waals surface area (Å²) in [6.07, 6.45) is 0.966. The Morgan fingerprint density at radius 2 is 2.05 bits per heavy atom. The lowest BCUT2D eigenvalue weighted by Gasteiger charge is -2.18. The summed E-state index contributed by atoms with van der Waals surface area (Å²) in [7, 11) is 0. The summed E-state index contributed by atoms with van der Waals surface area (Å²) < 4.78 is 20.9. The SMILES string of the molecule is CCCNC(c1ccc(Br)o1)c1cccc(Br)c1F. The molecule has 1 unspecified atom stereocenters. The third-order valence-corrected chi connectivity index (χ3v) is 3.81. The highest BCUT2D eigenvalue weighted by Crippen LogP contribution is 2.30. The first-order chi connectivity index (χ1) is 9.13. The molecule has 5 heteroatoms. The molecule has 0 fully saturated rings. The van der Waals surface area contributed by atoms with E-state index in [1.807, 2.05) is 18.2 Å². The van der Waals surface area contributed by atoms with Gasteiger partial charge in [0.05, 0.1) is 10.5 Å². The number of nitrogens with one attached hydrogen (secondary N) is 1. The predicted octanol–water partition coefficient (Wildman–Crippen LogP) is 5.03. The molecule has 1 atom stereocenters. The molecule has 0 spiro atoms. The number of furan rings is 1. The Bertz CT molecular complexity index is 556. The first-order valence-corrected chi connectivity index (χ1v) is 7.64. The van der Waals surface area contributed by atoms with E-state index in [2.05, 4.69) is 44.1 Å². The molecule has 2 rings (SSSR count). The van der Waals surface area contributed by atoms with Crippen molar-refractivity contribution in [3.8, 4) is 0 Å². The molecule has 0 bridgehead atoms. The van der Waals surface area contributed by atoms with E-state index in [1.54, 1.807) is 12.1 Å². The highest BCUT2D eigenvalue weighted by molar-refractivity contribution is 9.10. The predicted molar refractivity (Wildman–Crippen MR) is 80.6 cm³/mol. The third kappa shape index (κ3) is 3.46. The minimum Gasteiger partial charge on any atom is -0.452 e. The van der Waals surface area contributed by atoms with Gasteiger partial charge < -0.3 is 9.73 Å². The first-order valence-electron chi connectivity index (χ1n) is 6.06. The Morgan fingerprint density at radius 3 is 2.68 bits per heavy atom. The second-order valence-corrected chi connectivity index (χ2v) is 5.81. The van der Waals surface area contributed by atoms with E-state index < -0.39 is 0 Å². The normalized spacial score (nSPS) is 12.6. The van der Waals surface area contributed by atoms with Gasteiger partial charge in [-0.05, 0) is 63.0 Å². The van der Waals surface area contributed by atoms with Gasteiger partial charge in [-0.1, -0.05) is 19.1 Å². The number of hydrogen-bond acceptors (Lipinski definition) is 2. The number of benzene rings is 1. The molecular weight excluding hydrogens is 377 g/mol. The van der Waals surface area contributed by atoms with Crippen LogP contribution >= 0.6 is 31.9 Å². The van der Waals surface area contributed by atoms with Crippen molar-refractivity contribution in [2.45, 2.75) is 19.4 Å². The van der Waals surface area contributed by atoms with Crippen molar-refractivity contribution in [1.29, 1.82) is 0 Å². The van der Waals surface area contributed by atoms with Crippen LogP contribution in [0.4, 0.5) is 4.39 Å². The summed E-state index contributed by atoms with van der Waals surface area (Å²) in [6, 6.07) is 8.64. The molecule has 0 amide bonds. The molecule has 0 aliphatic heterocycles. The minimum atomic E-state index is -0.288. The maximum atomic E-state index is 14.2. The molecule has 0 aliphatic carbocycles. The average Bonchev–Trinajstić information content (AvgIpc) is 2.81. The fourth-order valence-corrected chi connectivity index (χ4v) is 2.58. The van der Waals surface area contributed by atoms with E-state index in [9.17, 15) is 4.39 Å². The smallest absolute Gasteiger partial charge is 0.169 e. The van der Waals surface area contributed by atoms with Crippen LogP contribution in [0.15, 0.2) is 43.9 Å². The largest absolute Gasteiger partial charge is 0.452 e. The van der Waals surface area contributed by atoms with Crippen molar-refractivity contribution >= 4 is 31.9 Å². The average molecular weight is 391 g/mol. The number of hydrogen-bond donors (Lipinski definition) is 1. The number of halogens is 3. The minimum absolute atomic E-state index is 0.261. The summed E-state index contributed by atoms with van der Waals surface area (Å²) in [6.45, 7) is 2.86. The van der Waals surface area contributed by atoms with Gasteiger partial charge in [0.15, 0.2) is 4.67 Å². The van der Waals surface area contributed by atoms with Crippen LogP contribution in [0.5, 0.6) is 0 Å². The maximum absolute atomic E-state index is 14.2. The molecule has 0 saturated heterocycles. The molecule has 1 N–H and O–H groups in total. The summed E-state index contributed by atoms with van der Waals surface area (Å²) in [4.78, 5) is 0. The topological polar surface area (TPSA) is 25.2 Å². The molecule has 0 saturated carbocycles. The van der Waals surface area contributed by atoms with Gasteiger partial charge in [-0.25, -0.2) is 4.39 Å². The Balaban J connectivity index is 2.39. The summed E-state index contributed by atoms with van der Waals surface area (Å²) in [5.41, 5.74) is 0.574. The number of rotatable bonds is 5. The third-order valence-electron chi connectivity index (χ3n) is 2.77. The molecule has 0 aliphatic rings. The highest BCUT2D eigenvalue weighted by atomic mass is 79.9. The van der Waals surface area contributed by atoms with Crippen molar-refractivity contribution < 1.29 is 8.81 Å². The maximum Gasteiger partial charge on any atom is 0.169 e. The van der Waals surface area contributed by atoms with E-state index in [-0.39, 0.29) is 11.9 Å². The van der Waals surface area contributed by atoms with Gasteiger partial charge in [0, 0.05) is 5.56 Å². The van der Waals surface area contributed by atoms with Crippen LogP contribution in [0, 0.1) is 5.82 Å². The Morgan fingerprint density at radius 1 is 1.26 bits per heavy atom. The van der Waals surface area contributed by atoms with Crippen LogP contribution < -0.4 is 5.32 Å². The van der Waals surface area contributed by atoms with Crippen LogP contribution in [-0.4, -0.2) is 6.54 Å². The van der Waals surface area contributed by atoms with Crippen molar-refractivity contribution in [3.63, 3.8) is 0 Å². The van der Waals surface area contributed by atoms with Crippen LogP contribution in [0.3, 0.4) is 0 Å². The molecule has 1 heterocycles. The quantitative estimate of drug-likeness (QED) is 0.774. The summed E-state index contributed by atoms with van der Waals surface area (Å²) in [5, 5.41) is 3.31. The van der Waals surface area contributed by atoms with Gasteiger partial charge in [0.2, 0.25) is 0 Å². The zero-order chi connectivity index (χ0) is 13.8. The van der Waals surface area contributed by atoms with Gasteiger partial charge in [-0.2, -0.15) is 0 Å². The van der Waals surface area contributed by atoms with Gasteiger partial charge in [-0.15, -0.1) is 0 Å². The lowest BCUT2D eigenvalue weighted by molar-refractivity contribution is 0.423. The Labute approximate surface area is 128 Å². The first kappa shape index (κ1) is 14.8. The molecule has 2 aromatic rings. The standard InChI is InChI=1S/C14H14Br2FNO/c1-2-8-18-14(11-6-7-12(16)19-11)9-4-3-5-10(15)13(9)17/h3-7,14,18H,2,8H2,1H3. The molecular formula is C14H14Br2FNO. The molecule has 102 valence electrons. The van der Waals surface area contributed by atoms with Crippen molar-refractivity contribution in [2.24, 2.45) is 0 Å². The van der Waals surface area contributed by atoms with E-state index in [0.717, 1.165) is 13.0 Å². The fraction of sp³-hybridized carbons (Fsp3) is 0.286. The van der Waals surface area contributed by atoms with Gasteiger partial charge in [0.1, 0.15) is 11.6 Å². The molecule has 1 aromatic heterocycles. The molecule has 2 nitrogen and oxygen atoms in total. The lowest BCUT2D eigenvalue weighted by atomic mass is 10.0. The molecule has 1 aromatic carbocycles. The van der Waals surface area contributed by atoms with Gasteiger partial charge in [-0.3, -0.25) is 0 Å². The van der Waals surface area contributed by atoms with Crippen molar-refractivity contribution in [1.82, 2.24) is 5.32 Å². The highest BCUT2D eigenvalue weighted by Gasteiger charge is 2.21. The zero-order valence-corrected chi connectivity index (χ0v) is 13.6. The molecule has 0 radical (unpaired) electrons. The van der Waals surface area contributed by atoms with E-state index >= 15 is 0 Å². The fourth-order valence-electron chi connectivity index (χ4n) is 1.88. The Kier molecular flexibility index (Phi) is 5.19.